The van der Waals surface area contributed by atoms with Gasteiger partial charge in [0.1, 0.15) is 6.33 Å². The third kappa shape index (κ3) is 1.83. The molecule has 1 N–H and O–H groups in total. The molecule has 66 valence electrons. The number of benzene rings is 1. The fourth-order valence-electron chi connectivity index (χ4n) is 1.02. The van der Waals surface area contributed by atoms with Crippen LogP contribution in [0.5, 0.6) is 0 Å². The third-order valence-electron chi connectivity index (χ3n) is 1.60. The zero-order chi connectivity index (χ0) is 9.26. The number of H-pyrrole nitrogens is 1. The van der Waals surface area contributed by atoms with E-state index >= 15 is 0 Å². The van der Waals surface area contributed by atoms with Gasteiger partial charge in [0.15, 0.2) is 5.82 Å². The summed E-state index contributed by atoms with van der Waals surface area (Å²) >= 11 is 8.04. The van der Waals surface area contributed by atoms with Crippen molar-refractivity contribution in [2.45, 2.75) is 0 Å². The molecular weight excluding hydrogens is 300 g/mol. The second kappa shape index (κ2) is 3.63. The highest BCUT2D eigenvalue weighted by molar-refractivity contribution is 14.1. The number of aromatic nitrogens is 3. The minimum atomic E-state index is 0.729. The van der Waals surface area contributed by atoms with Gasteiger partial charge in [0.25, 0.3) is 0 Å². The van der Waals surface area contributed by atoms with Gasteiger partial charge in [-0.1, -0.05) is 11.6 Å². The minimum absolute atomic E-state index is 0.729. The summed E-state index contributed by atoms with van der Waals surface area (Å²) in [6, 6.07) is 5.64. The van der Waals surface area contributed by atoms with Gasteiger partial charge in [0.05, 0.1) is 0 Å². The Kier molecular flexibility index (Phi) is 2.50. The Labute approximate surface area is 93.7 Å². The molecule has 0 saturated heterocycles. The number of hydrogen-bond donors (Lipinski definition) is 1. The molecule has 1 aromatic carbocycles. The number of nitrogens with zero attached hydrogens (tertiary/aromatic N) is 2. The van der Waals surface area contributed by atoms with Crippen LogP contribution in [0, 0.1) is 3.57 Å². The number of hydrogen-bond acceptors (Lipinski definition) is 2. The van der Waals surface area contributed by atoms with Crippen LogP contribution in [0.25, 0.3) is 11.4 Å². The van der Waals surface area contributed by atoms with Gasteiger partial charge in [-0.15, -0.1) is 10.2 Å². The van der Waals surface area contributed by atoms with Gasteiger partial charge in [-0.2, -0.15) is 0 Å². The van der Waals surface area contributed by atoms with Crippen molar-refractivity contribution in [2.75, 3.05) is 0 Å². The molecule has 0 fully saturated rings. The highest BCUT2D eigenvalue weighted by atomic mass is 127. The molecule has 13 heavy (non-hydrogen) atoms. The molecule has 0 spiro atoms. The molecule has 2 aromatic rings. The summed E-state index contributed by atoms with van der Waals surface area (Å²) in [5.41, 5.74) is 1.02. The fourth-order valence-corrected chi connectivity index (χ4v) is 2.15. The van der Waals surface area contributed by atoms with Crippen molar-refractivity contribution >= 4 is 34.2 Å². The molecule has 0 atom stereocenters. The van der Waals surface area contributed by atoms with Crippen molar-refractivity contribution in [3.8, 4) is 11.4 Å². The molecule has 0 aliphatic rings. The van der Waals surface area contributed by atoms with E-state index in [1.54, 1.807) is 6.33 Å². The quantitative estimate of drug-likeness (QED) is 0.823. The lowest BCUT2D eigenvalue weighted by Gasteiger charge is -1.99. The first kappa shape index (κ1) is 8.96. The highest BCUT2D eigenvalue weighted by Crippen LogP contribution is 2.24. The Balaban J connectivity index is 2.53. The topological polar surface area (TPSA) is 41.6 Å². The number of nitrogens with one attached hydrogen (secondary N) is 1. The van der Waals surface area contributed by atoms with Crippen molar-refractivity contribution in [3.05, 3.63) is 33.1 Å². The van der Waals surface area contributed by atoms with Gasteiger partial charge >= 0.3 is 0 Å². The third-order valence-corrected chi connectivity index (χ3v) is 2.73. The summed E-state index contributed by atoms with van der Waals surface area (Å²) in [7, 11) is 0. The van der Waals surface area contributed by atoms with Gasteiger partial charge in [-0.25, -0.2) is 0 Å². The Morgan fingerprint density at radius 2 is 2.23 bits per heavy atom. The van der Waals surface area contributed by atoms with E-state index in [4.69, 9.17) is 11.6 Å². The largest absolute Gasteiger partial charge is 0.328 e. The molecule has 3 nitrogen and oxygen atoms in total. The second-order valence-corrected chi connectivity index (χ2v) is 4.06. The van der Waals surface area contributed by atoms with Crippen LogP contribution in [0.1, 0.15) is 0 Å². The molecule has 0 saturated carbocycles. The maximum atomic E-state index is 5.83. The van der Waals surface area contributed by atoms with Crippen LogP contribution in [-0.4, -0.2) is 15.2 Å². The molecular formula is C8H5ClIN3. The van der Waals surface area contributed by atoms with Crippen LogP contribution < -0.4 is 0 Å². The molecule has 0 aliphatic carbocycles. The van der Waals surface area contributed by atoms with Crippen LogP contribution in [-0.2, 0) is 0 Å². The molecule has 5 heteroatoms. The van der Waals surface area contributed by atoms with E-state index in [0.717, 1.165) is 20.0 Å². The molecule has 0 amide bonds. The summed E-state index contributed by atoms with van der Waals surface area (Å²) in [6.07, 6.45) is 1.56. The molecule has 0 bridgehead atoms. The van der Waals surface area contributed by atoms with Crippen LogP contribution >= 0.6 is 34.2 Å². The zero-order valence-corrected chi connectivity index (χ0v) is 9.37. The lowest BCUT2D eigenvalue weighted by atomic mass is 10.2. The number of rotatable bonds is 1. The van der Waals surface area contributed by atoms with E-state index in [1.807, 2.05) is 18.2 Å². The molecule has 0 radical (unpaired) electrons. The second-order valence-electron chi connectivity index (χ2n) is 2.46. The van der Waals surface area contributed by atoms with E-state index in [9.17, 15) is 0 Å². The van der Waals surface area contributed by atoms with Crippen molar-refractivity contribution in [3.63, 3.8) is 0 Å². The Morgan fingerprint density at radius 1 is 1.38 bits per heavy atom. The average Bonchev–Trinajstić information content (AvgIpc) is 2.56. The van der Waals surface area contributed by atoms with Gasteiger partial charge in [-0.3, -0.25) is 0 Å². The summed E-state index contributed by atoms with van der Waals surface area (Å²) in [5.74, 6) is 0.765. The Morgan fingerprint density at radius 3 is 2.85 bits per heavy atom. The Bertz CT molecular complexity index is 413. The fraction of sp³-hybridized carbons (Fsp3) is 0. The van der Waals surface area contributed by atoms with Crippen LogP contribution in [0.15, 0.2) is 24.5 Å². The van der Waals surface area contributed by atoms with Gasteiger partial charge < -0.3 is 4.98 Å². The SMILES string of the molecule is Clc1ccc(-c2nnc[nH]2)c(I)c1. The molecule has 1 heterocycles. The van der Waals surface area contributed by atoms with Gasteiger partial charge in [0.2, 0.25) is 0 Å². The summed E-state index contributed by atoms with van der Waals surface area (Å²) < 4.78 is 1.06. The lowest BCUT2D eigenvalue weighted by Crippen LogP contribution is -1.84. The van der Waals surface area contributed by atoms with Crippen molar-refractivity contribution in [1.29, 1.82) is 0 Å². The zero-order valence-electron chi connectivity index (χ0n) is 6.46. The first-order valence-electron chi connectivity index (χ1n) is 3.59. The standard InChI is InChI=1S/C8H5ClIN3/c9-5-1-2-6(7(10)3-5)8-11-4-12-13-8/h1-4H,(H,11,12,13). The predicted octanol–water partition coefficient (Wildman–Crippen LogP) is 2.73. The molecule has 2 rings (SSSR count). The monoisotopic (exact) mass is 305 g/mol. The maximum Gasteiger partial charge on any atom is 0.162 e. The minimum Gasteiger partial charge on any atom is -0.328 e. The van der Waals surface area contributed by atoms with E-state index in [-0.39, 0.29) is 0 Å². The molecule has 0 aliphatic heterocycles. The summed E-state index contributed by atoms with van der Waals surface area (Å²) in [5, 5.41) is 8.37. The first-order valence-corrected chi connectivity index (χ1v) is 5.04. The van der Waals surface area contributed by atoms with Gasteiger partial charge in [0, 0.05) is 14.2 Å². The lowest BCUT2D eigenvalue weighted by molar-refractivity contribution is 1.09. The van der Waals surface area contributed by atoms with E-state index < -0.39 is 0 Å². The van der Waals surface area contributed by atoms with Crippen molar-refractivity contribution < 1.29 is 0 Å². The smallest absolute Gasteiger partial charge is 0.162 e. The van der Waals surface area contributed by atoms with Gasteiger partial charge in [-0.05, 0) is 40.8 Å². The van der Waals surface area contributed by atoms with Crippen LogP contribution in [0.3, 0.4) is 0 Å². The highest BCUT2D eigenvalue weighted by Gasteiger charge is 2.05. The van der Waals surface area contributed by atoms with Crippen molar-refractivity contribution in [2.24, 2.45) is 0 Å². The van der Waals surface area contributed by atoms with E-state index in [0.29, 0.717) is 0 Å². The number of halogens is 2. The summed E-state index contributed by atoms with van der Waals surface area (Å²) in [4.78, 5) is 2.94. The number of aromatic amines is 1. The van der Waals surface area contributed by atoms with Crippen LogP contribution in [0.4, 0.5) is 0 Å². The van der Waals surface area contributed by atoms with E-state index in [1.165, 1.54) is 0 Å². The van der Waals surface area contributed by atoms with Crippen molar-refractivity contribution in [1.82, 2.24) is 15.2 Å². The normalized spacial score (nSPS) is 10.3. The predicted molar refractivity (Wildman–Crippen MR) is 59.5 cm³/mol. The molecule has 0 unspecified atom stereocenters. The first-order chi connectivity index (χ1) is 6.27. The summed E-state index contributed by atoms with van der Waals surface area (Å²) in [6.45, 7) is 0. The average molecular weight is 306 g/mol. The van der Waals surface area contributed by atoms with Crippen LogP contribution in [0.2, 0.25) is 5.02 Å². The Hall–Kier alpha value is -0.620. The molecule has 1 aromatic heterocycles. The maximum absolute atomic E-state index is 5.83. The van der Waals surface area contributed by atoms with E-state index in [2.05, 4.69) is 37.8 Å².